The minimum absolute atomic E-state index is 0. The van der Waals surface area contributed by atoms with Crippen LogP contribution in [0.1, 0.15) is 18.5 Å². The Morgan fingerprint density at radius 3 is 3.11 bits per heavy atom. The molecule has 5 nitrogen and oxygen atoms in total. The van der Waals surface area contributed by atoms with E-state index in [1.807, 2.05) is 16.7 Å². The number of fused-ring (bicyclic) bond motifs is 1. The summed E-state index contributed by atoms with van der Waals surface area (Å²) in [6.45, 7) is 3.94. The number of likely N-dealkylation sites (tertiary alicyclic amines) is 1. The second-order valence-corrected chi connectivity index (χ2v) is 5.04. The Morgan fingerprint density at radius 1 is 1.42 bits per heavy atom. The molecule has 0 bridgehead atoms. The second-order valence-electron chi connectivity index (χ2n) is 5.04. The first kappa shape index (κ1) is 14.2. The molecular weight excluding hydrogens is 262 g/mol. The van der Waals surface area contributed by atoms with Crippen LogP contribution in [-0.4, -0.2) is 38.9 Å². The van der Waals surface area contributed by atoms with Crippen molar-refractivity contribution in [3.8, 4) is 0 Å². The zero-order valence-electron chi connectivity index (χ0n) is 10.9. The van der Waals surface area contributed by atoms with Gasteiger partial charge >= 0.3 is 0 Å². The summed E-state index contributed by atoms with van der Waals surface area (Å²) in [7, 11) is 0. The molecule has 0 aliphatic carbocycles. The minimum Gasteiger partial charge on any atom is -0.330 e. The Bertz CT molecular complexity index is 493. The van der Waals surface area contributed by atoms with Crippen molar-refractivity contribution in [1.29, 1.82) is 0 Å². The molecule has 0 amide bonds. The fraction of sp³-hybridized carbons (Fsp3) is 0.538. The van der Waals surface area contributed by atoms with Gasteiger partial charge in [0.05, 0.1) is 5.69 Å². The van der Waals surface area contributed by atoms with Crippen LogP contribution in [0.5, 0.6) is 0 Å². The molecule has 0 radical (unpaired) electrons. The van der Waals surface area contributed by atoms with E-state index in [9.17, 15) is 0 Å². The maximum absolute atomic E-state index is 5.76. The summed E-state index contributed by atoms with van der Waals surface area (Å²) in [6.07, 6.45) is 8.33. The van der Waals surface area contributed by atoms with E-state index in [-0.39, 0.29) is 12.4 Å². The van der Waals surface area contributed by atoms with Crippen molar-refractivity contribution in [3.05, 3.63) is 30.4 Å². The third-order valence-corrected chi connectivity index (χ3v) is 3.61. The number of nitrogens with zero attached hydrogens (tertiary/aromatic N) is 4. The molecule has 19 heavy (non-hydrogen) atoms. The molecule has 3 rings (SSSR count). The van der Waals surface area contributed by atoms with Gasteiger partial charge in [0.15, 0.2) is 0 Å². The lowest BCUT2D eigenvalue weighted by Gasteiger charge is -2.31. The van der Waals surface area contributed by atoms with Crippen LogP contribution in [0, 0.1) is 5.92 Å². The van der Waals surface area contributed by atoms with E-state index in [4.69, 9.17) is 5.73 Å². The highest BCUT2D eigenvalue weighted by Crippen LogP contribution is 2.17. The molecule has 1 unspecified atom stereocenters. The lowest BCUT2D eigenvalue weighted by Crippen LogP contribution is -2.37. The van der Waals surface area contributed by atoms with E-state index >= 15 is 0 Å². The molecule has 1 aliphatic rings. The van der Waals surface area contributed by atoms with Crippen LogP contribution in [0.4, 0.5) is 0 Å². The Morgan fingerprint density at radius 2 is 2.32 bits per heavy atom. The fourth-order valence-electron chi connectivity index (χ4n) is 2.67. The number of nitrogens with two attached hydrogens (primary N) is 1. The first-order chi connectivity index (χ1) is 8.85. The topological polar surface area (TPSA) is 59.5 Å². The Labute approximate surface area is 119 Å². The third kappa shape index (κ3) is 3.23. The van der Waals surface area contributed by atoms with Crippen molar-refractivity contribution in [2.24, 2.45) is 11.7 Å². The van der Waals surface area contributed by atoms with Gasteiger partial charge in [-0.1, -0.05) is 0 Å². The monoisotopic (exact) mass is 281 g/mol. The molecule has 2 N–H and O–H groups in total. The smallest absolute Gasteiger partial charge is 0.233 e. The van der Waals surface area contributed by atoms with E-state index < -0.39 is 0 Å². The highest BCUT2D eigenvalue weighted by atomic mass is 35.5. The molecule has 2 aromatic heterocycles. The van der Waals surface area contributed by atoms with E-state index in [0.717, 1.165) is 37.7 Å². The highest BCUT2D eigenvalue weighted by molar-refractivity contribution is 5.85. The Hall–Kier alpha value is -1.17. The van der Waals surface area contributed by atoms with Crippen LogP contribution in [0.15, 0.2) is 24.7 Å². The first-order valence-corrected chi connectivity index (χ1v) is 6.56. The molecule has 1 fully saturated rings. The largest absolute Gasteiger partial charge is 0.330 e. The van der Waals surface area contributed by atoms with Crippen molar-refractivity contribution in [3.63, 3.8) is 0 Å². The molecule has 0 aromatic carbocycles. The summed E-state index contributed by atoms with van der Waals surface area (Å²) in [4.78, 5) is 11.2. The van der Waals surface area contributed by atoms with Crippen molar-refractivity contribution >= 4 is 18.2 Å². The Balaban J connectivity index is 0.00000133. The summed E-state index contributed by atoms with van der Waals surface area (Å²) in [6, 6.07) is 1.92. The number of aromatic nitrogens is 3. The van der Waals surface area contributed by atoms with Crippen LogP contribution >= 0.6 is 12.4 Å². The van der Waals surface area contributed by atoms with Gasteiger partial charge in [-0.15, -0.1) is 12.4 Å². The van der Waals surface area contributed by atoms with Crippen molar-refractivity contribution in [2.75, 3.05) is 19.6 Å². The molecule has 0 spiro atoms. The summed E-state index contributed by atoms with van der Waals surface area (Å²) in [5.41, 5.74) is 6.85. The zero-order valence-corrected chi connectivity index (χ0v) is 11.7. The molecular formula is C13H20ClN5. The predicted octanol–water partition coefficient (Wildman–Crippen LogP) is 1.32. The van der Waals surface area contributed by atoms with E-state index in [2.05, 4.69) is 21.1 Å². The number of piperidine rings is 1. The van der Waals surface area contributed by atoms with E-state index in [1.54, 1.807) is 6.20 Å². The summed E-state index contributed by atoms with van der Waals surface area (Å²) in [5, 5.41) is 0. The minimum atomic E-state index is 0. The summed E-state index contributed by atoms with van der Waals surface area (Å²) < 4.78 is 1.97. The van der Waals surface area contributed by atoms with Gasteiger partial charge in [0.25, 0.3) is 0 Å². The third-order valence-electron chi connectivity index (χ3n) is 3.61. The maximum atomic E-state index is 5.76. The van der Waals surface area contributed by atoms with Gasteiger partial charge in [-0.25, -0.2) is 9.97 Å². The average molecular weight is 282 g/mol. The van der Waals surface area contributed by atoms with E-state index in [0.29, 0.717) is 5.92 Å². The number of rotatable bonds is 3. The van der Waals surface area contributed by atoms with Gasteiger partial charge in [-0.05, 0) is 37.9 Å². The maximum Gasteiger partial charge on any atom is 0.233 e. The van der Waals surface area contributed by atoms with Gasteiger partial charge in [-0.3, -0.25) is 9.30 Å². The van der Waals surface area contributed by atoms with Crippen LogP contribution < -0.4 is 5.73 Å². The van der Waals surface area contributed by atoms with Crippen molar-refractivity contribution in [2.45, 2.75) is 19.4 Å². The summed E-state index contributed by atoms with van der Waals surface area (Å²) >= 11 is 0. The fourth-order valence-corrected chi connectivity index (χ4v) is 2.67. The van der Waals surface area contributed by atoms with Gasteiger partial charge in [0.2, 0.25) is 5.78 Å². The van der Waals surface area contributed by atoms with Gasteiger partial charge < -0.3 is 5.73 Å². The first-order valence-electron chi connectivity index (χ1n) is 6.56. The molecule has 2 aromatic rings. The lowest BCUT2D eigenvalue weighted by molar-refractivity contribution is 0.169. The quantitative estimate of drug-likeness (QED) is 0.922. The van der Waals surface area contributed by atoms with Gasteiger partial charge in [-0.2, -0.15) is 0 Å². The van der Waals surface area contributed by atoms with Crippen LogP contribution in [0.2, 0.25) is 0 Å². The predicted molar refractivity (Wildman–Crippen MR) is 77.3 cm³/mol. The SMILES string of the molecule is Cl.NCC1CCCN(Cc2cn3cccnc3n2)C1. The molecule has 0 saturated carbocycles. The molecule has 3 heterocycles. The number of imidazole rings is 1. The van der Waals surface area contributed by atoms with E-state index in [1.165, 1.54) is 12.8 Å². The number of halogens is 1. The van der Waals surface area contributed by atoms with Crippen molar-refractivity contribution < 1.29 is 0 Å². The molecule has 1 atom stereocenters. The normalized spacial score (nSPS) is 20.4. The highest BCUT2D eigenvalue weighted by Gasteiger charge is 2.19. The zero-order chi connectivity index (χ0) is 12.4. The lowest BCUT2D eigenvalue weighted by atomic mass is 9.98. The van der Waals surface area contributed by atoms with Crippen LogP contribution in [0.3, 0.4) is 0 Å². The van der Waals surface area contributed by atoms with Crippen LogP contribution in [0.25, 0.3) is 5.78 Å². The molecule has 104 valence electrons. The molecule has 1 aliphatic heterocycles. The molecule has 6 heteroatoms. The number of hydrogen-bond donors (Lipinski definition) is 1. The standard InChI is InChI=1S/C13H19N5.ClH/c14-7-11-3-1-5-17(8-11)9-12-10-18-6-2-4-15-13(18)16-12;/h2,4,6,10-11H,1,3,5,7-9,14H2;1H. The van der Waals surface area contributed by atoms with Crippen LogP contribution in [-0.2, 0) is 6.54 Å². The van der Waals surface area contributed by atoms with Gasteiger partial charge in [0, 0.05) is 31.7 Å². The summed E-state index contributed by atoms with van der Waals surface area (Å²) in [5.74, 6) is 1.42. The molecule has 1 saturated heterocycles. The average Bonchev–Trinajstić information content (AvgIpc) is 2.81. The van der Waals surface area contributed by atoms with Crippen molar-refractivity contribution in [1.82, 2.24) is 19.3 Å². The number of hydrogen-bond acceptors (Lipinski definition) is 4. The Kier molecular flexibility index (Phi) is 4.74. The second kappa shape index (κ2) is 6.32. The van der Waals surface area contributed by atoms with Gasteiger partial charge in [0.1, 0.15) is 0 Å².